The van der Waals surface area contributed by atoms with Crippen molar-refractivity contribution in [2.75, 3.05) is 0 Å². The van der Waals surface area contributed by atoms with Crippen molar-refractivity contribution in [2.24, 2.45) is 0 Å². The summed E-state index contributed by atoms with van der Waals surface area (Å²) in [4.78, 5) is 16.5. The van der Waals surface area contributed by atoms with E-state index in [0.29, 0.717) is 12.1 Å². The fraction of sp³-hybridized carbons (Fsp3) is 0.385. The highest BCUT2D eigenvalue weighted by molar-refractivity contribution is 5.74. The second-order valence-corrected chi connectivity index (χ2v) is 3.86. The van der Waals surface area contributed by atoms with E-state index in [-0.39, 0.29) is 5.56 Å². The van der Waals surface area contributed by atoms with Gasteiger partial charge in [0.05, 0.1) is 11.0 Å². The normalized spacial score (nSPS) is 10.9. The van der Waals surface area contributed by atoms with Crippen molar-refractivity contribution in [3.8, 4) is 0 Å². The summed E-state index contributed by atoms with van der Waals surface area (Å²) < 4.78 is 1.83. The van der Waals surface area contributed by atoms with E-state index >= 15 is 0 Å². The topological polar surface area (TPSA) is 34.9 Å². The van der Waals surface area contributed by atoms with E-state index in [9.17, 15) is 4.79 Å². The number of rotatable bonds is 3. The van der Waals surface area contributed by atoms with Crippen LogP contribution in [-0.2, 0) is 13.0 Å². The van der Waals surface area contributed by atoms with Crippen LogP contribution in [0.1, 0.15) is 26.0 Å². The van der Waals surface area contributed by atoms with Gasteiger partial charge in [-0.25, -0.2) is 4.98 Å². The largest absolute Gasteiger partial charge is 0.305 e. The molecule has 0 aliphatic heterocycles. The van der Waals surface area contributed by atoms with Crippen LogP contribution in [-0.4, -0.2) is 9.55 Å². The number of para-hydroxylation sites is 2. The number of hydrogen-bond acceptors (Lipinski definition) is 2. The molecule has 0 amide bonds. The molecule has 0 aliphatic carbocycles. The molecule has 1 aromatic carbocycles. The Labute approximate surface area is 94.7 Å². The number of aromatic nitrogens is 2. The molecule has 0 N–H and O–H groups in total. The van der Waals surface area contributed by atoms with Crippen LogP contribution in [0.25, 0.3) is 11.0 Å². The maximum Gasteiger partial charge on any atom is 0.272 e. The Kier molecular flexibility index (Phi) is 3.04. The van der Waals surface area contributed by atoms with Crippen LogP contribution < -0.4 is 5.56 Å². The van der Waals surface area contributed by atoms with Crippen molar-refractivity contribution in [3.05, 3.63) is 40.3 Å². The van der Waals surface area contributed by atoms with Gasteiger partial charge < -0.3 is 4.57 Å². The van der Waals surface area contributed by atoms with Gasteiger partial charge in [0.15, 0.2) is 0 Å². The summed E-state index contributed by atoms with van der Waals surface area (Å²) in [6, 6.07) is 7.82. The molecule has 0 bridgehead atoms. The molecular formula is C13H16N2O. The summed E-state index contributed by atoms with van der Waals surface area (Å²) in [5, 5.41) is 0. The predicted molar refractivity (Wildman–Crippen MR) is 65.7 cm³/mol. The minimum absolute atomic E-state index is 0.0584. The SMILES string of the molecule is CCCn1c(=O)c(CC)nc2ccccc21. The molecule has 1 heterocycles. The monoisotopic (exact) mass is 216 g/mol. The van der Waals surface area contributed by atoms with Crippen molar-refractivity contribution >= 4 is 11.0 Å². The van der Waals surface area contributed by atoms with Crippen LogP contribution in [0.15, 0.2) is 29.1 Å². The van der Waals surface area contributed by atoms with Gasteiger partial charge in [-0.2, -0.15) is 0 Å². The summed E-state index contributed by atoms with van der Waals surface area (Å²) in [5.41, 5.74) is 2.56. The molecule has 0 spiro atoms. The van der Waals surface area contributed by atoms with Gasteiger partial charge in [0.25, 0.3) is 5.56 Å². The lowest BCUT2D eigenvalue weighted by atomic mass is 10.2. The second-order valence-electron chi connectivity index (χ2n) is 3.86. The van der Waals surface area contributed by atoms with E-state index in [0.717, 1.165) is 24.0 Å². The third-order valence-corrected chi connectivity index (χ3v) is 2.70. The van der Waals surface area contributed by atoms with E-state index in [1.807, 2.05) is 35.8 Å². The Morgan fingerprint density at radius 3 is 2.69 bits per heavy atom. The molecule has 2 rings (SSSR count). The highest BCUT2D eigenvalue weighted by Gasteiger charge is 2.07. The average molecular weight is 216 g/mol. The average Bonchev–Trinajstić information content (AvgIpc) is 2.32. The molecule has 3 nitrogen and oxygen atoms in total. The molecule has 0 fully saturated rings. The maximum absolute atomic E-state index is 12.1. The highest BCUT2D eigenvalue weighted by Crippen LogP contribution is 2.10. The van der Waals surface area contributed by atoms with Crippen molar-refractivity contribution in [3.63, 3.8) is 0 Å². The first-order chi connectivity index (χ1) is 7.77. The Balaban J connectivity index is 2.80. The summed E-state index contributed by atoms with van der Waals surface area (Å²) in [5.74, 6) is 0. The molecule has 84 valence electrons. The van der Waals surface area contributed by atoms with Gasteiger partial charge in [0.1, 0.15) is 5.69 Å². The zero-order chi connectivity index (χ0) is 11.5. The molecule has 0 aliphatic rings. The lowest BCUT2D eigenvalue weighted by Crippen LogP contribution is -2.25. The summed E-state index contributed by atoms with van der Waals surface area (Å²) in [6.45, 7) is 4.80. The smallest absolute Gasteiger partial charge is 0.272 e. The summed E-state index contributed by atoms with van der Waals surface area (Å²) >= 11 is 0. The first-order valence-electron chi connectivity index (χ1n) is 5.76. The van der Waals surface area contributed by atoms with E-state index in [4.69, 9.17) is 0 Å². The summed E-state index contributed by atoms with van der Waals surface area (Å²) in [6.07, 6.45) is 1.64. The van der Waals surface area contributed by atoms with Gasteiger partial charge in [0.2, 0.25) is 0 Å². The van der Waals surface area contributed by atoms with Gasteiger partial charge in [-0.1, -0.05) is 26.0 Å². The number of nitrogens with zero attached hydrogens (tertiary/aromatic N) is 2. The molecule has 1 aromatic heterocycles. The van der Waals surface area contributed by atoms with Gasteiger partial charge >= 0.3 is 0 Å². The van der Waals surface area contributed by atoms with Crippen LogP contribution >= 0.6 is 0 Å². The highest BCUT2D eigenvalue weighted by atomic mass is 16.1. The van der Waals surface area contributed by atoms with Gasteiger partial charge in [0, 0.05) is 6.54 Å². The maximum atomic E-state index is 12.1. The predicted octanol–water partition coefficient (Wildman–Crippen LogP) is 2.37. The van der Waals surface area contributed by atoms with Crippen LogP contribution in [0.3, 0.4) is 0 Å². The first kappa shape index (κ1) is 10.9. The van der Waals surface area contributed by atoms with Crippen LogP contribution in [0, 0.1) is 0 Å². The Morgan fingerprint density at radius 2 is 2.00 bits per heavy atom. The fourth-order valence-electron chi connectivity index (χ4n) is 1.92. The summed E-state index contributed by atoms with van der Waals surface area (Å²) in [7, 11) is 0. The minimum atomic E-state index is 0.0584. The molecule has 0 saturated carbocycles. The lowest BCUT2D eigenvalue weighted by molar-refractivity contribution is 0.665. The first-order valence-corrected chi connectivity index (χ1v) is 5.76. The van der Waals surface area contributed by atoms with Crippen LogP contribution in [0.5, 0.6) is 0 Å². The zero-order valence-corrected chi connectivity index (χ0v) is 9.73. The van der Waals surface area contributed by atoms with Gasteiger partial charge in [-0.3, -0.25) is 4.79 Å². The van der Waals surface area contributed by atoms with E-state index in [2.05, 4.69) is 11.9 Å². The van der Waals surface area contributed by atoms with Crippen molar-refractivity contribution in [1.29, 1.82) is 0 Å². The third kappa shape index (κ3) is 1.73. The van der Waals surface area contributed by atoms with Crippen molar-refractivity contribution < 1.29 is 0 Å². The van der Waals surface area contributed by atoms with Crippen LogP contribution in [0.4, 0.5) is 0 Å². The number of fused-ring (bicyclic) bond motifs is 1. The number of aryl methyl sites for hydroxylation is 2. The fourth-order valence-corrected chi connectivity index (χ4v) is 1.92. The van der Waals surface area contributed by atoms with Gasteiger partial charge in [-0.15, -0.1) is 0 Å². The molecule has 3 heteroatoms. The standard InChI is InChI=1S/C13H16N2O/c1-3-9-15-12-8-6-5-7-11(12)14-10(4-2)13(15)16/h5-8H,3-4,9H2,1-2H3. The van der Waals surface area contributed by atoms with E-state index in [1.54, 1.807) is 0 Å². The quantitative estimate of drug-likeness (QED) is 0.789. The zero-order valence-electron chi connectivity index (χ0n) is 9.73. The molecule has 16 heavy (non-hydrogen) atoms. The van der Waals surface area contributed by atoms with Gasteiger partial charge in [-0.05, 0) is 25.0 Å². The number of hydrogen-bond donors (Lipinski definition) is 0. The Hall–Kier alpha value is -1.64. The van der Waals surface area contributed by atoms with E-state index < -0.39 is 0 Å². The minimum Gasteiger partial charge on any atom is -0.305 e. The van der Waals surface area contributed by atoms with Crippen LogP contribution in [0.2, 0.25) is 0 Å². The van der Waals surface area contributed by atoms with E-state index in [1.165, 1.54) is 0 Å². The lowest BCUT2D eigenvalue weighted by Gasteiger charge is -2.10. The van der Waals surface area contributed by atoms with Crippen molar-refractivity contribution in [2.45, 2.75) is 33.2 Å². The third-order valence-electron chi connectivity index (χ3n) is 2.70. The second kappa shape index (κ2) is 4.47. The molecule has 0 atom stereocenters. The Bertz CT molecular complexity index is 557. The molecule has 0 radical (unpaired) electrons. The molecule has 0 saturated heterocycles. The molecule has 2 aromatic rings. The number of benzene rings is 1. The van der Waals surface area contributed by atoms with Crippen molar-refractivity contribution in [1.82, 2.24) is 9.55 Å². The Morgan fingerprint density at radius 1 is 1.25 bits per heavy atom. The molecular weight excluding hydrogens is 200 g/mol. The molecule has 0 unspecified atom stereocenters.